The van der Waals surface area contributed by atoms with E-state index in [-0.39, 0.29) is 33.7 Å². The van der Waals surface area contributed by atoms with E-state index in [0.717, 1.165) is 36.5 Å². The van der Waals surface area contributed by atoms with Gasteiger partial charge in [-0.2, -0.15) is 4.39 Å². The highest BCUT2D eigenvalue weighted by molar-refractivity contribution is 7.92. The van der Waals surface area contributed by atoms with Crippen molar-refractivity contribution in [2.75, 3.05) is 11.8 Å². The maximum Gasteiger partial charge on any atom is 0.338 e. The Morgan fingerprint density at radius 1 is 1.19 bits per heavy atom. The summed E-state index contributed by atoms with van der Waals surface area (Å²) in [5, 5.41) is 9.79. The number of hydrogen-bond acceptors (Lipinski definition) is 7. The average molecular weight is 483 g/mol. The van der Waals surface area contributed by atoms with Gasteiger partial charge in [0.2, 0.25) is 5.95 Å². The molecule has 4 bridgehead atoms. The molecule has 0 saturated heterocycles. The van der Waals surface area contributed by atoms with Gasteiger partial charge in [-0.15, -0.1) is 0 Å². The Morgan fingerprint density at radius 2 is 1.94 bits per heavy atom. The second-order valence-electron chi connectivity index (χ2n) is 6.68. The summed E-state index contributed by atoms with van der Waals surface area (Å²) < 4.78 is 67.1. The monoisotopic (exact) mass is 482 g/mol. The fourth-order valence-corrected chi connectivity index (χ4v) is 4.64. The molecule has 0 atom stereocenters. The van der Waals surface area contributed by atoms with Gasteiger partial charge < -0.3 is 14.6 Å². The Hall–Kier alpha value is -3.44. The molecular formula is C20H13ClF2N2O6S. The highest BCUT2D eigenvalue weighted by Crippen LogP contribution is 2.39. The zero-order valence-electron chi connectivity index (χ0n) is 16.1. The van der Waals surface area contributed by atoms with E-state index in [1.54, 1.807) is 0 Å². The minimum Gasteiger partial charge on any atom is -0.505 e. The van der Waals surface area contributed by atoms with Crippen LogP contribution in [0.3, 0.4) is 0 Å². The fraction of sp³-hybridized carbons (Fsp3) is 0.100. The van der Waals surface area contributed by atoms with Crippen LogP contribution in [0.2, 0.25) is 5.02 Å². The number of carbonyl (C=O) groups is 1. The zero-order valence-corrected chi connectivity index (χ0v) is 17.7. The van der Waals surface area contributed by atoms with Gasteiger partial charge in [-0.3, -0.25) is 4.72 Å². The predicted molar refractivity (Wildman–Crippen MR) is 109 cm³/mol. The number of ether oxygens (including phenoxy) is 2. The number of halogens is 3. The molecule has 8 nitrogen and oxygen atoms in total. The van der Waals surface area contributed by atoms with Crippen molar-refractivity contribution in [1.29, 1.82) is 0 Å². The van der Waals surface area contributed by atoms with Gasteiger partial charge in [-0.25, -0.2) is 22.6 Å². The molecule has 12 heteroatoms. The first-order chi connectivity index (χ1) is 15.1. The summed E-state index contributed by atoms with van der Waals surface area (Å²) in [7, 11) is -3.33. The quantitative estimate of drug-likeness (QED) is 0.399. The van der Waals surface area contributed by atoms with Crippen molar-refractivity contribution in [3.05, 3.63) is 64.4 Å². The molecule has 2 aromatic carbocycles. The van der Waals surface area contributed by atoms with E-state index in [1.807, 2.05) is 0 Å². The normalized spacial score (nSPS) is 14.7. The molecule has 0 aliphatic carbocycles. The van der Waals surface area contributed by atoms with Gasteiger partial charge in [0.25, 0.3) is 10.0 Å². The first-order valence-electron chi connectivity index (χ1n) is 8.85. The first-order valence-corrected chi connectivity index (χ1v) is 10.7. The Morgan fingerprint density at radius 3 is 2.66 bits per heavy atom. The van der Waals surface area contributed by atoms with E-state index in [4.69, 9.17) is 21.1 Å². The number of nitrogens with one attached hydrogen (secondary N) is 1. The summed E-state index contributed by atoms with van der Waals surface area (Å²) in [6, 6.07) is 4.90. The number of pyridine rings is 1. The molecular weight excluding hydrogens is 470 g/mol. The number of sulfonamides is 1. The summed E-state index contributed by atoms with van der Waals surface area (Å²) in [4.78, 5) is 15.3. The third-order valence-corrected chi connectivity index (χ3v) is 6.36. The largest absolute Gasteiger partial charge is 0.505 e. The van der Waals surface area contributed by atoms with Gasteiger partial charge >= 0.3 is 5.97 Å². The Kier molecular flexibility index (Phi) is 5.39. The number of rotatable bonds is 1. The van der Waals surface area contributed by atoms with Crippen LogP contribution in [-0.2, 0) is 21.4 Å². The van der Waals surface area contributed by atoms with E-state index >= 15 is 0 Å². The Labute approximate surface area is 185 Å². The Bertz CT molecular complexity index is 1380. The van der Waals surface area contributed by atoms with Crippen LogP contribution < -0.4 is 9.46 Å². The number of benzene rings is 2. The number of esters is 1. The van der Waals surface area contributed by atoms with Gasteiger partial charge in [0, 0.05) is 35.0 Å². The number of nitrogens with zero attached hydrogens (tertiary/aromatic N) is 1. The van der Waals surface area contributed by atoms with Crippen LogP contribution in [0.25, 0.3) is 11.1 Å². The SMILES string of the molecule is COc1cc(F)c2cc1NS(=O)(=O)c1cc(cc(Cl)c1O)C(=O)OCc1cc(F)ncc1-2. The van der Waals surface area contributed by atoms with Gasteiger partial charge in [-0.1, -0.05) is 11.6 Å². The lowest BCUT2D eigenvalue weighted by Crippen LogP contribution is -2.15. The smallest absolute Gasteiger partial charge is 0.338 e. The number of anilines is 1. The summed E-state index contributed by atoms with van der Waals surface area (Å²) in [6.45, 7) is -0.484. The van der Waals surface area contributed by atoms with Crippen molar-refractivity contribution in [2.24, 2.45) is 0 Å². The molecule has 0 amide bonds. The summed E-state index contributed by atoms with van der Waals surface area (Å²) >= 11 is 5.92. The number of aromatic nitrogens is 1. The third-order valence-electron chi connectivity index (χ3n) is 4.69. The number of fused-ring (bicyclic) bond motifs is 6. The maximum absolute atomic E-state index is 14.9. The van der Waals surface area contributed by atoms with Crippen LogP contribution in [0, 0.1) is 11.8 Å². The lowest BCUT2D eigenvalue weighted by molar-refractivity contribution is 0.0472. The molecule has 166 valence electrons. The topological polar surface area (TPSA) is 115 Å². The number of phenolic OH excluding ortho intramolecular Hbond substituents is 1. The minimum absolute atomic E-state index is 0.0617. The number of methoxy groups -OCH3 is 1. The minimum atomic E-state index is -4.54. The second kappa shape index (κ2) is 7.92. The molecule has 1 aliphatic heterocycles. The fourth-order valence-electron chi connectivity index (χ4n) is 3.16. The molecule has 0 unspecified atom stereocenters. The van der Waals surface area contributed by atoms with Crippen LogP contribution in [0.5, 0.6) is 11.5 Å². The number of aromatic hydroxyl groups is 1. The van der Waals surface area contributed by atoms with Crippen LogP contribution in [0.1, 0.15) is 15.9 Å². The van der Waals surface area contributed by atoms with E-state index in [0.29, 0.717) is 0 Å². The van der Waals surface area contributed by atoms with Gasteiger partial charge in [-0.05, 0) is 18.2 Å². The van der Waals surface area contributed by atoms with Crippen LogP contribution in [-0.4, -0.2) is 31.6 Å². The van der Waals surface area contributed by atoms with Gasteiger partial charge in [0.1, 0.15) is 23.1 Å². The molecule has 3 aromatic rings. The standard InChI is InChI=1S/C20H13ClF2N2O6S/c1-30-16-6-14(22)11-5-15(16)25-32(28,29)17-3-9(2-13(21)19(17)26)20(27)31-8-10-4-18(23)24-7-12(10)11/h2-7,25-26H,8H2,1H3. The van der Waals surface area contributed by atoms with Crippen LogP contribution >= 0.6 is 11.6 Å². The average Bonchev–Trinajstić information content (AvgIpc) is 2.74. The summed E-state index contributed by atoms with van der Waals surface area (Å²) in [5.74, 6) is -3.70. The highest BCUT2D eigenvalue weighted by Gasteiger charge is 2.27. The van der Waals surface area contributed by atoms with Crippen molar-refractivity contribution in [1.82, 2.24) is 4.98 Å². The van der Waals surface area contributed by atoms with Crippen molar-refractivity contribution < 1.29 is 36.6 Å². The molecule has 0 radical (unpaired) electrons. The summed E-state index contributed by atoms with van der Waals surface area (Å²) in [5.41, 5.74) is -0.491. The number of carbonyl (C=O) groups excluding carboxylic acids is 1. The van der Waals surface area contributed by atoms with E-state index in [1.165, 1.54) is 7.11 Å². The van der Waals surface area contributed by atoms with Gasteiger partial charge in [0.15, 0.2) is 5.75 Å². The lowest BCUT2D eigenvalue weighted by atomic mass is 10.0. The van der Waals surface area contributed by atoms with Crippen molar-refractivity contribution in [3.63, 3.8) is 0 Å². The van der Waals surface area contributed by atoms with E-state index in [9.17, 15) is 27.1 Å². The zero-order chi connectivity index (χ0) is 23.2. The lowest BCUT2D eigenvalue weighted by Gasteiger charge is -2.16. The molecule has 32 heavy (non-hydrogen) atoms. The van der Waals surface area contributed by atoms with Crippen molar-refractivity contribution >= 4 is 33.3 Å². The second-order valence-corrected chi connectivity index (χ2v) is 8.74. The van der Waals surface area contributed by atoms with Crippen LogP contribution in [0.15, 0.2) is 41.4 Å². The highest BCUT2D eigenvalue weighted by atomic mass is 35.5. The number of phenols is 1. The molecule has 0 fully saturated rings. The van der Waals surface area contributed by atoms with Crippen molar-refractivity contribution in [3.8, 4) is 22.6 Å². The maximum atomic E-state index is 14.9. The first kappa shape index (κ1) is 21.8. The molecule has 2 N–H and O–H groups in total. The van der Waals surface area contributed by atoms with Crippen LogP contribution in [0.4, 0.5) is 14.5 Å². The molecule has 4 rings (SSSR count). The molecule has 2 heterocycles. The predicted octanol–water partition coefficient (Wildman–Crippen LogP) is 3.87. The molecule has 0 saturated carbocycles. The van der Waals surface area contributed by atoms with Gasteiger partial charge in [0.05, 0.1) is 23.4 Å². The number of hydrogen-bond donors (Lipinski definition) is 2. The van der Waals surface area contributed by atoms with Crippen molar-refractivity contribution in [2.45, 2.75) is 11.5 Å². The third kappa shape index (κ3) is 3.80. The molecule has 0 spiro atoms. The summed E-state index contributed by atoms with van der Waals surface area (Å²) in [6.07, 6.45) is 1.03. The van der Waals surface area contributed by atoms with E-state index in [2.05, 4.69) is 9.71 Å². The Balaban J connectivity index is 2.03. The van der Waals surface area contributed by atoms with E-state index < -0.39 is 50.0 Å². The number of cyclic esters (lactones) is 1. The molecule has 1 aromatic heterocycles. The molecule has 1 aliphatic rings.